The third kappa shape index (κ3) is 5.28. The summed E-state index contributed by atoms with van der Waals surface area (Å²) in [6.45, 7) is 3.98. The van der Waals surface area contributed by atoms with Gasteiger partial charge in [0.1, 0.15) is 4.21 Å². The highest BCUT2D eigenvalue weighted by atomic mass is 32.2. The number of anilines is 1. The summed E-state index contributed by atoms with van der Waals surface area (Å²) >= 11 is 6.06. The maximum atomic E-state index is 12.3. The Morgan fingerprint density at radius 1 is 1.20 bits per heavy atom. The van der Waals surface area contributed by atoms with Gasteiger partial charge in [-0.3, -0.25) is 20.4 Å². The van der Waals surface area contributed by atoms with Crippen LogP contribution >= 0.6 is 23.6 Å². The maximum Gasteiger partial charge on any atom is 0.271 e. The zero-order valence-electron chi connectivity index (χ0n) is 13.0. The van der Waals surface area contributed by atoms with Crippen molar-refractivity contribution in [2.45, 2.75) is 4.21 Å². The van der Waals surface area contributed by atoms with E-state index in [1.165, 1.54) is 18.2 Å². The Hall–Kier alpha value is -2.43. The van der Waals surface area contributed by atoms with Crippen LogP contribution in [0.3, 0.4) is 0 Å². The number of sulfonamides is 1. The van der Waals surface area contributed by atoms with E-state index < -0.39 is 15.9 Å². The number of thiophene rings is 1. The molecule has 1 heterocycles. The van der Waals surface area contributed by atoms with Crippen molar-refractivity contribution >= 4 is 50.3 Å². The molecule has 0 aliphatic rings. The summed E-state index contributed by atoms with van der Waals surface area (Å²) < 4.78 is 27.3. The van der Waals surface area contributed by atoms with Crippen LogP contribution in [0.25, 0.3) is 0 Å². The van der Waals surface area contributed by atoms with Crippen LogP contribution in [-0.4, -0.2) is 26.0 Å². The SMILES string of the molecule is C=CCNC(=S)NNC(=O)c1ccccc1NS(=O)(=O)c1cccs1. The zero-order valence-corrected chi connectivity index (χ0v) is 15.4. The molecule has 1 amide bonds. The van der Waals surface area contributed by atoms with Crippen LogP contribution in [0, 0.1) is 0 Å². The van der Waals surface area contributed by atoms with Crippen molar-refractivity contribution in [3.05, 3.63) is 60.0 Å². The molecule has 25 heavy (non-hydrogen) atoms. The molecular formula is C15H16N4O3S3. The highest BCUT2D eigenvalue weighted by Gasteiger charge is 2.19. The molecule has 0 bridgehead atoms. The Balaban J connectivity index is 2.11. The van der Waals surface area contributed by atoms with Gasteiger partial charge in [0.15, 0.2) is 5.11 Å². The molecule has 0 unspecified atom stereocenters. The number of hydrazine groups is 1. The summed E-state index contributed by atoms with van der Waals surface area (Å²) in [7, 11) is -3.75. The fourth-order valence-corrected chi connectivity index (χ4v) is 3.98. The van der Waals surface area contributed by atoms with Crippen molar-refractivity contribution in [3.8, 4) is 0 Å². The molecule has 0 radical (unpaired) electrons. The normalized spacial score (nSPS) is 10.6. The molecule has 0 saturated carbocycles. The zero-order chi connectivity index (χ0) is 18.3. The largest absolute Gasteiger partial charge is 0.358 e. The number of thiocarbonyl (C=S) groups is 1. The lowest BCUT2D eigenvalue weighted by molar-refractivity contribution is 0.0944. The van der Waals surface area contributed by atoms with Crippen molar-refractivity contribution in [1.29, 1.82) is 0 Å². The second-order valence-electron chi connectivity index (χ2n) is 4.66. The Morgan fingerprint density at radius 3 is 2.64 bits per heavy atom. The first-order valence-corrected chi connectivity index (χ1v) is 9.81. The smallest absolute Gasteiger partial charge is 0.271 e. The van der Waals surface area contributed by atoms with Gasteiger partial charge in [0.2, 0.25) is 0 Å². The molecule has 0 aliphatic carbocycles. The van der Waals surface area contributed by atoms with Crippen molar-refractivity contribution in [1.82, 2.24) is 16.2 Å². The first kappa shape index (κ1) is 18.9. The van der Waals surface area contributed by atoms with Crippen LogP contribution in [0.4, 0.5) is 5.69 Å². The van der Waals surface area contributed by atoms with Crippen LogP contribution < -0.4 is 20.9 Å². The summed E-state index contributed by atoms with van der Waals surface area (Å²) in [4.78, 5) is 12.3. The van der Waals surface area contributed by atoms with Gasteiger partial charge < -0.3 is 5.32 Å². The van der Waals surface area contributed by atoms with Crippen molar-refractivity contribution in [2.24, 2.45) is 0 Å². The van der Waals surface area contributed by atoms with Crippen LogP contribution in [-0.2, 0) is 10.0 Å². The van der Waals surface area contributed by atoms with E-state index in [9.17, 15) is 13.2 Å². The summed E-state index contributed by atoms with van der Waals surface area (Å²) in [6, 6.07) is 9.40. The molecule has 0 aliphatic heterocycles. The number of carbonyl (C=O) groups is 1. The van der Waals surface area contributed by atoms with Crippen LogP contribution in [0.5, 0.6) is 0 Å². The molecule has 1 aromatic carbocycles. The van der Waals surface area contributed by atoms with Gasteiger partial charge >= 0.3 is 0 Å². The minimum Gasteiger partial charge on any atom is -0.358 e. The molecule has 10 heteroatoms. The van der Waals surface area contributed by atoms with E-state index in [4.69, 9.17) is 12.2 Å². The predicted octanol–water partition coefficient (Wildman–Crippen LogP) is 1.84. The van der Waals surface area contributed by atoms with Gasteiger partial charge in [-0.15, -0.1) is 17.9 Å². The molecule has 0 atom stereocenters. The molecule has 7 nitrogen and oxygen atoms in total. The summed E-state index contributed by atoms with van der Waals surface area (Å²) in [5.74, 6) is -0.535. The molecule has 132 valence electrons. The Labute approximate surface area is 155 Å². The van der Waals surface area contributed by atoms with E-state index in [0.717, 1.165) is 11.3 Å². The van der Waals surface area contributed by atoms with E-state index in [0.29, 0.717) is 6.54 Å². The predicted molar refractivity (Wildman–Crippen MR) is 103 cm³/mol. The monoisotopic (exact) mass is 396 g/mol. The third-order valence-electron chi connectivity index (χ3n) is 2.87. The molecule has 4 N–H and O–H groups in total. The van der Waals surface area contributed by atoms with Crippen molar-refractivity contribution < 1.29 is 13.2 Å². The van der Waals surface area contributed by atoms with E-state index in [2.05, 4.69) is 27.5 Å². The van der Waals surface area contributed by atoms with Gasteiger partial charge in [0.05, 0.1) is 11.3 Å². The summed E-state index contributed by atoms with van der Waals surface area (Å²) in [6.07, 6.45) is 1.62. The molecule has 0 saturated heterocycles. The van der Waals surface area contributed by atoms with Gasteiger partial charge in [-0.25, -0.2) is 8.42 Å². The second kappa shape index (κ2) is 8.60. The van der Waals surface area contributed by atoms with Crippen molar-refractivity contribution in [2.75, 3.05) is 11.3 Å². The Kier molecular flexibility index (Phi) is 6.51. The molecule has 0 spiro atoms. The van der Waals surface area contributed by atoms with E-state index in [-0.39, 0.29) is 20.6 Å². The molecular weight excluding hydrogens is 380 g/mol. The minimum atomic E-state index is -3.75. The molecule has 2 rings (SSSR count). The summed E-state index contributed by atoms with van der Waals surface area (Å²) in [5, 5.41) is 4.66. The van der Waals surface area contributed by atoms with Crippen LogP contribution in [0.15, 0.2) is 58.6 Å². The van der Waals surface area contributed by atoms with E-state index in [1.54, 1.807) is 29.7 Å². The highest BCUT2D eigenvalue weighted by Crippen LogP contribution is 2.22. The molecule has 2 aromatic rings. The first-order chi connectivity index (χ1) is 11.9. The second-order valence-corrected chi connectivity index (χ2v) is 7.93. The number of para-hydroxylation sites is 1. The van der Waals surface area contributed by atoms with E-state index in [1.807, 2.05) is 0 Å². The van der Waals surface area contributed by atoms with E-state index >= 15 is 0 Å². The fraction of sp³-hybridized carbons (Fsp3) is 0.0667. The fourth-order valence-electron chi connectivity index (χ4n) is 1.77. The number of nitrogens with one attached hydrogen (secondary N) is 4. The average molecular weight is 397 g/mol. The van der Waals surface area contributed by atoms with Gasteiger partial charge in [0.25, 0.3) is 15.9 Å². The number of benzene rings is 1. The Morgan fingerprint density at radius 2 is 1.96 bits per heavy atom. The first-order valence-electron chi connectivity index (χ1n) is 7.04. The number of carbonyl (C=O) groups excluding carboxylic acids is 1. The lowest BCUT2D eigenvalue weighted by Gasteiger charge is -2.13. The number of rotatable bonds is 6. The number of hydrogen-bond donors (Lipinski definition) is 4. The number of hydrogen-bond acceptors (Lipinski definition) is 5. The third-order valence-corrected chi connectivity index (χ3v) is 5.88. The number of amides is 1. The highest BCUT2D eigenvalue weighted by molar-refractivity contribution is 7.94. The van der Waals surface area contributed by atoms with Gasteiger partial charge in [-0.2, -0.15) is 0 Å². The quantitative estimate of drug-likeness (QED) is 0.338. The average Bonchev–Trinajstić information content (AvgIpc) is 3.13. The lowest BCUT2D eigenvalue weighted by atomic mass is 10.2. The maximum absolute atomic E-state index is 12.3. The summed E-state index contributed by atoms with van der Waals surface area (Å²) in [5.41, 5.74) is 5.26. The molecule has 0 fully saturated rings. The standard InChI is InChI=1S/C15H16N4O3S3/c1-2-9-16-15(23)18-17-14(20)11-6-3-4-7-12(11)19-25(21,22)13-8-5-10-24-13/h2-8,10,19H,1,9H2,(H,17,20)(H2,16,18,23). The van der Waals surface area contributed by atoms with Gasteiger partial charge in [-0.05, 0) is 35.8 Å². The Bertz CT molecular complexity index is 864. The van der Waals surface area contributed by atoms with Crippen molar-refractivity contribution in [3.63, 3.8) is 0 Å². The van der Waals surface area contributed by atoms with Gasteiger partial charge in [0, 0.05) is 6.54 Å². The molecule has 1 aromatic heterocycles. The lowest BCUT2D eigenvalue weighted by Crippen LogP contribution is -2.46. The topological polar surface area (TPSA) is 99.3 Å². The van der Waals surface area contributed by atoms with Crippen LogP contribution in [0.1, 0.15) is 10.4 Å². The minimum absolute atomic E-state index is 0.154. The van der Waals surface area contributed by atoms with Crippen LogP contribution in [0.2, 0.25) is 0 Å². The van der Waals surface area contributed by atoms with Gasteiger partial charge in [-0.1, -0.05) is 24.3 Å².